The van der Waals surface area contributed by atoms with E-state index in [0.29, 0.717) is 25.6 Å². The van der Waals surface area contributed by atoms with Gasteiger partial charge in [-0.05, 0) is 30.0 Å². The predicted octanol–water partition coefficient (Wildman–Crippen LogP) is 1.04. The molecule has 0 radical (unpaired) electrons. The molecular formula is C16H20N2O2. The van der Waals surface area contributed by atoms with E-state index in [4.69, 9.17) is 10.5 Å². The number of nitrogens with two attached hydrogens (primary N) is 1. The molecule has 0 aliphatic carbocycles. The van der Waals surface area contributed by atoms with Crippen LogP contribution in [0.5, 0.6) is 0 Å². The first-order valence-corrected chi connectivity index (χ1v) is 6.88. The van der Waals surface area contributed by atoms with Crippen LogP contribution < -0.4 is 11.1 Å². The maximum Gasteiger partial charge on any atom is 0.249 e. The van der Waals surface area contributed by atoms with Crippen molar-refractivity contribution < 1.29 is 9.53 Å². The summed E-state index contributed by atoms with van der Waals surface area (Å²) < 4.78 is 5.44. The Bertz CT molecular complexity index is 514. The second-order valence-electron chi connectivity index (χ2n) is 4.98. The fourth-order valence-electron chi connectivity index (χ4n) is 2.18. The average Bonchev–Trinajstić information content (AvgIpc) is 2.90. The van der Waals surface area contributed by atoms with E-state index < -0.39 is 0 Å². The molecule has 20 heavy (non-hydrogen) atoms. The quantitative estimate of drug-likeness (QED) is 0.808. The molecule has 2 atom stereocenters. The minimum atomic E-state index is -0.301. The third-order valence-electron chi connectivity index (χ3n) is 3.40. The minimum Gasteiger partial charge on any atom is -0.368 e. The molecule has 1 heterocycles. The summed E-state index contributed by atoms with van der Waals surface area (Å²) in [5.74, 6) is 6.04. The molecule has 0 saturated carbocycles. The number of hydrogen-bond acceptors (Lipinski definition) is 3. The van der Waals surface area contributed by atoms with Gasteiger partial charge in [-0.3, -0.25) is 4.79 Å². The molecule has 1 aromatic carbocycles. The van der Waals surface area contributed by atoms with Gasteiger partial charge in [0.2, 0.25) is 5.91 Å². The predicted molar refractivity (Wildman–Crippen MR) is 77.7 cm³/mol. The molecule has 2 rings (SSSR count). The molecule has 0 bridgehead atoms. The van der Waals surface area contributed by atoms with E-state index in [9.17, 15) is 4.79 Å². The molecule has 0 aromatic heterocycles. The fraction of sp³-hybridized carbons (Fsp3) is 0.438. The zero-order valence-corrected chi connectivity index (χ0v) is 11.7. The zero-order valence-electron chi connectivity index (χ0n) is 11.7. The van der Waals surface area contributed by atoms with Crippen molar-refractivity contribution in [3.8, 4) is 11.8 Å². The van der Waals surface area contributed by atoms with E-state index >= 15 is 0 Å². The molecule has 106 valence electrons. The van der Waals surface area contributed by atoms with Crippen molar-refractivity contribution in [2.24, 2.45) is 11.7 Å². The highest BCUT2D eigenvalue weighted by Gasteiger charge is 2.30. The van der Waals surface area contributed by atoms with Crippen molar-refractivity contribution in [1.82, 2.24) is 5.32 Å². The number of benzene rings is 1. The van der Waals surface area contributed by atoms with Gasteiger partial charge < -0.3 is 15.8 Å². The Morgan fingerprint density at radius 1 is 1.45 bits per heavy atom. The molecule has 4 heteroatoms. The van der Waals surface area contributed by atoms with Crippen LogP contribution in [0.3, 0.4) is 0 Å². The van der Waals surface area contributed by atoms with Crippen LogP contribution in [0, 0.1) is 17.8 Å². The standard InChI is InChI=1S/C16H20N2O2/c1-12-8-10-20-15(12)16(19)18-11-14-6-4-13(5-7-14)3-2-9-17/h4-7,12,15H,8-11,17H2,1H3,(H,18,19). The Kier molecular flexibility index (Phi) is 5.16. The molecule has 4 nitrogen and oxygen atoms in total. The summed E-state index contributed by atoms with van der Waals surface area (Å²) in [6, 6.07) is 7.77. The number of carbonyl (C=O) groups excluding carboxylic acids is 1. The first-order chi connectivity index (χ1) is 9.70. The molecule has 1 aromatic rings. The molecule has 3 N–H and O–H groups in total. The molecular weight excluding hydrogens is 252 g/mol. The van der Waals surface area contributed by atoms with Crippen LogP contribution in [0.25, 0.3) is 0 Å². The fourth-order valence-corrected chi connectivity index (χ4v) is 2.18. The number of hydrogen-bond donors (Lipinski definition) is 2. The molecule has 1 aliphatic heterocycles. The van der Waals surface area contributed by atoms with E-state index in [1.165, 1.54) is 0 Å². The molecule has 1 amide bonds. The molecule has 1 aliphatic rings. The van der Waals surface area contributed by atoms with E-state index in [1.54, 1.807) is 0 Å². The lowest BCUT2D eigenvalue weighted by Gasteiger charge is -2.14. The number of ether oxygens (including phenoxy) is 1. The summed E-state index contributed by atoms with van der Waals surface area (Å²) in [4.78, 5) is 12.0. The van der Waals surface area contributed by atoms with Crippen LogP contribution in [0.1, 0.15) is 24.5 Å². The van der Waals surface area contributed by atoms with Gasteiger partial charge in [0.25, 0.3) is 0 Å². The van der Waals surface area contributed by atoms with Crippen molar-refractivity contribution in [3.05, 3.63) is 35.4 Å². The second-order valence-corrected chi connectivity index (χ2v) is 4.98. The Hall–Kier alpha value is -1.83. The maximum absolute atomic E-state index is 12.0. The van der Waals surface area contributed by atoms with Crippen LogP contribution in [-0.2, 0) is 16.1 Å². The summed E-state index contributed by atoms with van der Waals surface area (Å²) in [6.45, 7) is 3.59. The smallest absolute Gasteiger partial charge is 0.249 e. The van der Waals surface area contributed by atoms with Crippen LogP contribution in [0.2, 0.25) is 0 Å². The highest BCUT2D eigenvalue weighted by Crippen LogP contribution is 2.20. The Morgan fingerprint density at radius 2 is 2.20 bits per heavy atom. The van der Waals surface area contributed by atoms with Crippen LogP contribution in [-0.4, -0.2) is 25.2 Å². The maximum atomic E-state index is 12.0. The lowest BCUT2D eigenvalue weighted by Crippen LogP contribution is -2.36. The summed E-state index contributed by atoms with van der Waals surface area (Å²) in [5, 5.41) is 2.91. The Morgan fingerprint density at radius 3 is 2.80 bits per heavy atom. The highest BCUT2D eigenvalue weighted by atomic mass is 16.5. The Balaban J connectivity index is 1.86. The van der Waals surface area contributed by atoms with Gasteiger partial charge in [0.15, 0.2) is 0 Å². The Labute approximate surface area is 119 Å². The summed E-state index contributed by atoms with van der Waals surface area (Å²) in [6.07, 6.45) is 0.650. The van der Waals surface area contributed by atoms with Crippen LogP contribution >= 0.6 is 0 Å². The van der Waals surface area contributed by atoms with E-state index in [1.807, 2.05) is 31.2 Å². The number of rotatable bonds is 3. The molecule has 0 spiro atoms. The van der Waals surface area contributed by atoms with Gasteiger partial charge >= 0.3 is 0 Å². The van der Waals surface area contributed by atoms with Gasteiger partial charge in [0.1, 0.15) is 6.10 Å². The summed E-state index contributed by atoms with van der Waals surface area (Å²) in [7, 11) is 0. The largest absolute Gasteiger partial charge is 0.368 e. The molecule has 1 fully saturated rings. The third kappa shape index (κ3) is 3.83. The second kappa shape index (κ2) is 7.09. The minimum absolute atomic E-state index is 0.0259. The van der Waals surface area contributed by atoms with Crippen molar-refractivity contribution >= 4 is 5.91 Å². The first-order valence-electron chi connectivity index (χ1n) is 6.88. The molecule has 1 saturated heterocycles. The van der Waals surface area contributed by atoms with Crippen molar-refractivity contribution in [1.29, 1.82) is 0 Å². The monoisotopic (exact) mass is 272 g/mol. The third-order valence-corrected chi connectivity index (χ3v) is 3.40. The highest BCUT2D eigenvalue weighted by molar-refractivity contribution is 5.81. The van der Waals surface area contributed by atoms with Gasteiger partial charge in [-0.2, -0.15) is 0 Å². The first kappa shape index (κ1) is 14.6. The van der Waals surface area contributed by atoms with Crippen LogP contribution in [0.4, 0.5) is 0 Å². The van der Waals surface area contributed by atoms with E-state index in [-0.39, 0.29) is 12.0 Å². The SMILES string of the molecule is CC1CCOC1C(=O)NCc1ccc(C#CCN)cc1. The van der Waals surface area contributed by atoms with Crippen molar-refractivity contribution in [2.45, 2.75) is 26.0 Å². The van der Waals surface area contributed by atoms with E-state index in [2.05, 4.69) is 17.2 Å². The van der Waals surface area contributed by atoms with E-state index in [0.717, 1.165) is 17.5 Å². The zero-order chi connectivity index (χ0) is 14.4. The van der Waals surface area contributed by atoms with Crippen molar-refractivity contribution in [3.63, 3.8) is 0 Å². The summed E-state index contributed by atoms with van der Waals surface area (Å²) >= 11 is 0. The van der Waals surface area contributed by atoms with Crippen LogP contribution in [0.15, 0.2) is 24.3 Å². The summed E-state index contributed by atoms with van der Waals surface area (Å²) in [5.41, 5.74) is 7.30. The number of amides is 1. The molecule has 2 unspecified atom stereocenters. The lowest BCUT2D eigenvalue weighted by atomic mass is 10.0. The van der Waals surface area contributed by atoms with Gasteiger partial charge in [-0.25, -0.2) is 0 Å². The van der Waals surface area contributed by atoms with Gasteiger partial charge in [-0.15, -0.1) is 0 Å². The normalized spacial score (nSPS) is 21.1. The average molecular weight is 272 g/mol. The number of nitrogens with one attached hydrogen (secondary N) is 1. The number of carbonyl (C=O) groups is 1. The van der Waals surface area contributed by atoms with Gasteiger partial charge in [0, 0.05) is 18.7 Å². The van der Waals surface area contributed by atoms with Crippen molar-refractivity contribution in [2.75, 3.05) is 13.2 Å². The van der Waals surface area contributed by atoms with Gasteiger partial charge in [0.05, 0.1) is 6.54 Å². The van der Waals surface area contributed by atoms with Gasteiger partial charge in [-0.1, -0.05) is 30.9 Å². The lowest BCUT2D eigenvalue weighted by molar-refractivity contribution is -0.131. The topological polar surface area (TPSA) is 64.3 Å².